The quantitative estimate of drug-likeness (QED) is 0.372. The number of anilines is 4. The van der Waals surface area contributed by atoms with E-state index < -0.39 is 0 Å². The number of carbonyl (C=O) groups excluding carboxylic acids is 2. The highest BCUT2D eigenvalue weighted by Gasteiger charge is 2.47. The number of imide groups is 1. The van der Waals surface area contributed by atoms with Crippen LogP contribution in [0.3, 0.4) is 0 Å². The van der Waals surface area contributed by atoms with E-state index in [4.69, 9.17) is 4.98 Å². The average molecular weight is 593 g/mol. The zero-order valence-corrected chi connectivity index (χ0v) is 25.1. The maximum atomic E-state index is 12.2. The summed E-state index contributed by atoms with van der Waals surface area (Å²) in [5, 5.41) is 9.23. The SMILES string of the molecule is O=C1CCC(c2ccc(N3CC(N4CCC5(CCN(c6ccc(Nc7ncc8c(n7)CNCC8)cc6)C5)C4)C3)cc2)C(=O)N1. The van der Waals surface area contributed by atoms with Gasteiger partial charge in [-0.15, -0.1) is 0 Å². The summed E-state index contributed by atoms with van der Waals surface area (Å²) in [5.74, 6) is 0.0970. The van der Waals surface area contributed by atoms with E-state index in [1.165, 1.54) is 42.9 Å². The molecule has 10 nitrogen and oxygen atoms in total. The molecule has 3 N–H and O–H groups in total. The van der Waals surface area contributed by atoms with Crippen LogP contribution in [0, 0.1) is 5.41 Å². The van der Waals surface area contributed by atoms with Gasteiger partial charge >= 0.3 is 0 Å². The van der Waals surface area contributed by atoms with E-state index >= 15 is 0 Å². The van der Waals surface area contributed by atoms with Crippen molar-refractivity contribution in [3.05, 3.63) is 71.5 Å². The number of aromatic nitrogens is 2. The molecule has 3 aromatic rings. The van der Waals surface area contributed by atoms with Crippen molar-refractivity contribution in [3.8, 4) is 0 Å². The van der Waals surface area contributed by atoms with Crippen molar-refractivity contribution in [2.45, 2.75) is 50.6 Å². The molecule has 1 aromatic heterocycles. The fourth-order valence-electron chi connectivity index (χ4n) is 7.77. The first-order chi connectivity index (χ1) is 21.5. The number of piperidine rings is 1. The number of carbonyl (C=O) groups is 2. The molecular formula is C34H40N8O2. The van der Waals surface area contributed by atoms with E-state index in [0.29, 0.717) is 30.2 Å². The van der Waals surface area contributed by atoms with Gasteiger partial charge < -0.3 is 20.4 Å². The zero-order chi connectivity index (χ0) is 29.7. The van der Waals surface area contributed by atoms with Gasteiger partial charge in [0.25, 0.3) is 0 Å². The van der Waals surface area contributed by atoms with Crippen molar-refractivity contribution in [1.82, 2.24) is 25.5 Å². The lowest BCUT2D eigenvalue weighted by atomic mass is 9.86. The van der Waals surface area contributed by atoms with Gasteiger partial charge in [-0.05, 0) is 86.3 Å². The first-order valence-corrected chi connectivity index (χ1v) is 16.1. The number of nitrogens with one attached hydrogen (secondary N) is 3. The molecule has 4 saturated heterocycles. The van der Waals surface area contributed by atoms with Crippen LogP contribution in [0.15, 0.2) is 54.7 Å². The van der Waals surface area contributed by atoms with E-state index in [1.54, 1.807) is 0 Å². The molecule has 10 heteroatoms. The minimum Gasteiger partial charge on any atom is -0.371 e. The molecule has 0 radical (unpaired) electrons. The van der Waals surface area contributed by atoms with E-state index in [2.05, 4.69) is 84.2 Å². The highest BCUT2D eigenvalue weighted by molar-refractivity contribution is 6.00. The molecule has 44 heavy (non-hydrogen) atoms. The Morgan fingerprint density at radius 2 is 1.66 bits per heavy atom. The number of rotatable bonds is 6. The lowest BCUT2D eigenvalue weighted by Crippen LogP contribution is -2.59. The minimum absolute atomic E-state index is 0.166. The Balaban J connectivity index is 0.828. The van der Waals surface area contributed by atoms with Crippen molar-refractivity contribution in [2.24, 2.45) is 5.41 Å². The summed E-state index contributed by atoms with van der Waals surface area (Å²) >= 11 is 0. The second-order valence-corrected chi connectivity index (χ2v) is 13.3. The number of nitrogens with zero attached hydrogens (tertiary/aromatic N) is 5. The number of amides is 2. The first-order valence-electron chi connectivity index (χ1n) is 16.1. The predicted octanol–water partition coefficient (Wildman–Crippen LogP) is 3.18. The number of fused-ring (bicyclic) bond motifs is 1. The Hall–Kier alpha value is -4.02. The van der Waals surface area contributed by atoms with E-state index in [-0.39, 0.29) is 17.7 Å². The molecule has 4 fully saturated rings. The molecule has 0 aliphatic carbocycles. The second-order valence-electron chi connectivity index (χ2n) is 13.3. The Labute approximate surface area is 258 Å². The topological polar surface area (TPSA) is 106 Å². The summed E-state index contributed by atoms with van der Waals surface area (Å²) in [4.78, 5) is 40.7. The maximum absolute atomic E-state index is 12.2. The van der Waals surface area contributed by atoms with Crippen LogP contribution in [0.5, 0.6) is 0 Å². The monoisotopic (exact) mass is 592 g/mol. The number of benzene rings is 2. The second kappa shape index (κ2) is 11.2. The van der Waals surface area contributed by atoms with E-state index in [0.717, 1.165) is 62.6 Å². The Morgan fingerprint density at radius 1 is 0.886 bits per heavy atom. The minimum atomic E-state index is -0.223. The van der Waals surface area contributed by atoms with Crippen LogP contribution < -0.4 is 25.8 Å². The van der Waals surface area contributed by atoms with Crippen molar-refractivity contribution >= 4 is 34.8 Å². The lowest BCUT2D eigenvalue weighted by Gasteiger charge is -2.46. The first kappa shape index (κ1) is 27.5. The van der Waals surface area contributed by atoms with Gasteiger partial charge in [0.2, 0.25) is 17.8 Å². The van der Waals surface area contributed by atoms with Gasteiger partial charge in [-0.3, -0.25) is 19.8 Å². The molecule has 8 rings (SSSR count). The summed E-state index contributed by atoms with van der Waals surface area (Å²) in [5.41, 5.74) is 7.23. The Morgan fingerprint density at radius 3 is 2.48 bits per heavy atom. The van der Waals surface area contributed by atoms with Crippen molar-refractivity contribution in [3.63, 3.8) is 0 Å². The fourth-order valence-corrected chi connectivity index (χ4v) is 7.77. The summed E-state index contributed by atoms with van der Waals surface area (Å²) in [6.45, 7) is 8.49. The van der Waals surface area contributed by atoms with Crippen molar-refractivity contribution < 1.29 is 9.59 Å². The summed E-state index contributed by atoms with van der Waals surface area (Å²) in [7, 11) is 0. The van der Waals surface area contributed by atoms with Crippen LogP contribution in [-0.4, -0.2) is 78.5 Å². The van der Waals surface area contributed by atoms with Gasteiger partial charge in [-0.2, -0.15) is 0 Å². The highest BCUT2D eigenvalue weighted by atomic mass is 16.2. The molecule has 2 unspecified atom stereocenters. The van der Waals surface area contributed by atoms with Gasteiger partial charge in [-0.25, -0.2) is 9.97 Å². The molecule has 1 spiro atoms. The zero-order valence-electron chi connectivity index (χ0n) is 25.1. The van der Waals surface area contributed by atoms with Crippen LogP contribution in [0.4, 0.5) is 23.0 Å². The van der Waals surface area contributed by atoms with Crippen LogP contribution in [0.1, 0.15) is 48.4 Å². The average Bonchev–Trinajstić information content (AvgIpc) is 3.63. The molecule has 2 atom stereocenters. The van der Waals surface area contributed by atoms with Gasteiger partial charge in [-0.1, -0.05) is 12.1 Å². The van der Waals surface area contributed by atoms with Crippen molar-refractivity contribution in [2.75, 3.05) is 60.9 Å². The molecular weight excluding hydrogens is 552 g/mol. The summed E-state index contributed by atoms with van der Waals surface area (Å²) < 4.78 is 0. The van der Waals surface area contributed by atoms with Gasteiger partial charge in [0, 0.05) is 80.4 Å². The molecule has 228 valence electrons. The normalized spacial score (nSPS) is 25.7. The number of likely N-dealkylation sites (tertiary alicyclic amines) is 1. The third-order valence-corrected chi connectivity index (χ3v) is 10.5. The third kappa shape index (κ3) is 5.30. The van der Waals surface area contributed by atoms with Gasteiger partial charge in [0.15, 0.2) is 0 Å². The van der Waals surface area contributed by atoms with Crippen LogP contribution in [0.2, 0.25) is 0 Å². The molecule has 5 aliphatic heterocycles. The number of hydrogen-bond acceptors (Lipinski definition) is 9. The predicted molar refractivity (Wildman–Crippen MR) is 170 cm³/mol. The smallest absolute Gasteiger partial charge is 0.234 e. The van der Waals surface area contributed by atoms with Crippen LogP contribution in [-0.2, 0) is 22.6 Å². The molecule has 5 aliphatic rings. The van der Waals surface area contributed by atoms with Crippen LogP contribution >= 0.6 is 0 Å². The van der Waals surface area contributed by atoms with Gasteiger partial charge in [0.1, 0.15) is 0 Å². The Kier molecular flexibility index (Phi) is 6.98. The van der Waals surface area contributed by atoms with E-state index in [1.807, 2.05) is 6.20 Å². The molecule has 2 amide bonds. The van der Waals surface area contributed by atoms with E-state index in [9.17, 15) is 9.59 Å². The highest BCUT2D eigenvalue weighted by Crippen LogP contribution is 2.43. The molecule has 0 saturated carbocycles. The molecule has 2 aromatic carbocycles. The fraction of sp³-hybridized carbons (Fsp3) is 0.471. The van der Waals surface area contributed by atoms with Crippen molar-refractivity contribution in [1.29, 1.82) is 0 Å². The maximum Gasteiger partial charge on any atom is 0.234 e. The lowest BCUT2D eigenvalue weighted by molar-refractivity contribution is -0.134. The summed E-state index contributed by atoms with van der Waals surface area (Å²) in [6.07, 6.45) is 6.47. The standard InChI is InChI=1S/C34H40N8O2/c43-31-10-9-29(32(44)39-31)23-1-5-27(6-2-23)42-19-28(20-42)41-16-13-34(22-41)12-15-40(21-34)26-7-3-25(4-8-26)37-33-36-17-24-11-14-35-18-30(24)38-33/h1-8,17,28-29,35H,9-16,18-22H2,(H,36,37,38)(H,39,43,44). The Bertz CT molecular complexity index is 1550. The van der Waals surface area contributed by atoms with Crippen LogP contribution in [0.25, 0.3) is 0 Å². The third-order valence-electron chi connectivity index (χ3n) is 10.5. The summed E-state index contributed by atoms with van der Waals surface area (Å²) in [6, 6.07) is 17.7. The largest absolute Gasteiger partial charge is 0.371 e. The molecule has 6 heterocycles. The number of hydrogen-bond donors (Lipinski definition) is 3. The van der Waals surface area contributed by atoms with Gasteiger partial charge in [0.05, 0.1) is 11.6 Å². The molecule has 0 bridgehead atoms.